The Kier molecular flexibility index (Phi) is 4.57. The van der Waals surface area contributed by atoms with Crippen molar-refractivity contribution >= 4 is 5.91 Å². The third-order valence-electron chi connectivity index (χ3n) is 3.80. The topological polar surface area (TPSA) is 56.1 Å². The Morgan fingerprint density at radius 2 is 2.25 bits per heavy atom. The molecule has 0 radical (unpaired) electrons. The van der Waals surface area contributed by atoms with Gasteiger partial charge in [-0.3, -0.25) is 4.79 Å². The molecule has 8 heteroatoms. The van der Waals surface area contributed by atoms with E-state index in [0.29, 0.717) is 13.2 Å². The van der Waals surface area contributed by atoms with Gasteiger partial charge in [0.05, 0.1) is 11.7 Å². The number of imidazole rings is 1. The van der Waals surface area contributed by atoms with Crippen LogP contribution in [0.5, 0.6) is 0 Å². The average molecular weight is 339 g/mol. The normalized spacial score (nSPS) is 17.9. The fraction of sp³-hybridized carbons (Fsp3) is 0.375. The van der Waals surface area contributed by atoms with Crippen molar-refractivity contribution in [1.29, 1.82) is 0 Å². The highest BCUT2D eigenvalue weighted by Gasteiger charge is 2.30. The number of ether oxygens (including phenoxy) is 1. The molecule has 1 aromatic carbocycles. The number of rotatable bonds is 4. The molecule has 0 unspecified atom stereocenters. The fourth-order valence-corrected chi connectivity index (χ4v) is 2.53. The van der Waals surface area contributed by atoms with Crippen LogP contribution in [0.15, 0.2) is 36.8 Å². The number of halogens is 3. The van der Waals surface area contributed by atoms with Crippen molar-refractivity contribution in [2.75, 3.05) is 13.2 Å². The minimum atomic E-state index is -4.42. The maximum absolute atomic E-state index is 12.8. The summed E-state index contributed by atoms with van der Waals surface area (Å²) < 4.78 is 45.1. The lowest BCUT2D eigenvalue weighted by Crippen LogP contribution is -2.31. The Morgan fingerprint density at radius 3 is 2.96 bits per heavy atom. The predicted octanol–water partition coefficient (Wildman–Crippen LogP) is 2.80. The highest BCUT2D eigenvalue weighted by molar-refractivity contribution is 5.92. The number of carbonyl (C=O) groups excluding carboxylic acids is 1. The maximum atomic E-state index is 12.8. The van der Waals surface area contributed by atoms with Crippen molar-refractivity contribution in [2.45, 2.75) is 25.1 Å². The Hall–Kier alpha value is -2.35. The van der Waals surface area contributed by atoms with E-state index in [2.05, 4.69) is 10.3 Å². The van der Waals surface area contributed by atoms with E-state index in [9.17, 15) is 18.0 Å². The Balaban J connectivity index is 1.69. The van der Waals surface area contributed by atoms with Gasteiger partial charge in [-0.25, -0.2) is 4.98 Å². The van der Waals surface area contributed by atoms with E-state index >= 15 is 0 Å². The van der Waals surface area contributed by atoms with Gasteiger partial charge in [0, 0.05) is 25.0 Å². The van der Waals surface area contributed by atoms with E-state index in [1.54, 1.807) is 0 Å². The molecule has 1 amide bonds. The number of benzene rings is 1. The zero-order valence-electron chi connectivity index (χ0n) is 12.7. The van der Waals surface area contributed by atoms with Gasteiger partial charge in [-0.2, -0.15) is 13.2 Å². The summed E-state index contributed by atoms with van der Waals surface area (Å²) in [5.41, 5.74) is -0.320. The van der Waals surface area contributed by atoms with Gasteiger partial charge in [-0.05, 0) is 31.0 Å². The van der Waals surface area contributed by atoms with Crippen molar-refractivity contribution < 1.29 is 22.7 Å². The molecule has 1 fully saturated rings. The smallest absolute Gasteiger partial charge is 0.376 e. The number of hydrogen-bond acceptors (Lipinski definition) is 3. The first-order valence-electron chi connectivity index (χ1n) is 7.55. The average Bonchev–Trinajstić information content (AvgIpc) is 3.23. The second kappa shape index (κ2) is 6.64. The molecule has 2 heterocycles. The summed E-state index contributed by atoms with van der Waals surface area (Å²) in [7, 11) is 0. The number of alkyl halides is 3. The molecule has 0 aliphatic carbocycles. The van der Waals surface area contributed by atoms with Gasteiger partial charge in [0.15, 0.2) is 0 Å². The summed E-state index contributed by atoms with van der Waals surface area (Å²) in [6.45, 7) is 1.10. The van der Waals surface area contributed by atoms with E-state index in [0.717, 1.165) is 25.0 Å². The summed E-state index contributed by atoms with van der Waals surface area (Å²) >= 11 is 0. The van der Waals surface area contributed by atoms with Crippen LogP contribution in [-0.2, 0) is 10.9 Å². The van der Waals surface area contributed by atoms with Crippen LogP contribution in [0.2, 0.25) is 0 Å². The SMILES string of the molecule is O=C(NC[C@@H]1CCCO1)c1cn(-c2cccc(C(F)(F)F)c2)cn1. The van der Waals surface area contributed by atoms with Gasteiger partial charge < -0.3 is 14.6 Å². The quantitative estimate of drug-likeness (QED) is 0.932. The molecular formula is C16H16F3N3O2. The third-order valence-corrected chi connectivity index (χ3v) is 3.80. The fourth-order valence-electron chi connectivity index (χ4n) is 2.53. The van der Waals surface area contributed by atoms with Crippen molar-refractivity contribution in [1.82, 2.24) is 14.9 Å². The van der Waals surface area contributed by atoms with Crippen LogP contribution >= 0.6 is 0 Å². The minimum absolute atomic E-state index is 0.0134. The van der Waals surface area contributed by atoms with Gasteiger partial charge in [0.1, 0.15) is 12.0 Å². The summed E-state index contributed by atoms with van der Waals surface area (Å²) in [4.78, 5) is 16.0. The second-order valence-corrected chi connectivity index (χ2v) is 5.56. The first-order valence-corrected chi connectivity index (χ1v) is 7.55. The molecule has 5 nitrogen and oxygen atoms in total. The molecule has 1 aliphatic rings. The number of hydrogen-bond donors (Lipinski definition) is 1. The lowest BCUT2D eigenvalue weighted by molar-refractivity contribution is -0.137. The van der Waals surface area contributed by atoms with Gasteiger partial charge in [0.2, 0.25) is 0 Å². The van der Waals surface area contributed by atoms with Crippen molar-refractivity contribution in [3.63, 3.8) is 0 Å². The summed E-state index contributed by atoms with van der Waals surface area (Å²) in [5, 5.41) is 2.72. The lowest BCUT2D eigenvalue weighted by atomic mass is 10.2. The van der Waals surface area contributed by atoms with Crippen LogP contribution in [-0.4, -0.2) is 34.7 Å². The molecule has 3 rings (SSSR count). The molecule has 24 heavy (non-hydrogen) atoms. The molecule has 1 saturated heterocycles. The second-order valence-electron chi connectivity index (χ2n) is 5.56. The molecule has 1 aromatic heterocycles. The molecule has 0 bridgehead atoms. The molecular weight excluding hydrogens is 323 g/mol. The molecule has 0 spiro atoms. The highest BCUT2D eigenvalue weighted by Crippen LogP contribution is 2.30. The molecule has 0 saturated carbocycles. The standard InChI is InChI=1S/C16H16F3N3O2/c17-16(18,19)11-3-1-4-12(7-11)22-9-14(21-10-22)15(23)20-8-13-5-2-6-24-13/h1,3-4,7,9-10,13H,2,5-6,8H2,(H,20,23)/t13-/m0/s1. The Bertz CT molecular complexity index is 721. The lowest BCUT2D eigenvalue weighted by Gasteiger charge is -2.09. The molecule has 1 aliphatic heterocycles. The number of aromatic nitrogens is 2. The molecule has 1 atom stereocenters. The van der Waals surface area contributed by atoms with Crippen molar-refractivity contribution in [3.05, 3.63) is 48.0 Å². The molecule has 1 N–H and O–H groups in total. The van der Waals surface area contributed by atoms with Crippen LogP contribution in [0.3, 0.4) is 0 Å². The van der Waals surface area contributed by atoms with Gasteiger partial charge in [-0.1, -0.05) is 6.07 Å². The van der Waals surface area contributed by atoms with Crippen molar-refractivity contribution in [3.8, 4) is 5.69 Å². The monoisotopic (exact) mass is 339 g/mol. The van der Waals surface area contributed by atoms with Gasteiger partial charge in [-0.15, -0.1) is 0 Å². The van der Waals surface area contributed by atoms with Gasteiger partial charge >= 0.3 is 6.18 Å². The number of carbonyl (C=O) groups is 1. The van der Waals surface area contributed by atoms with E-state index in [4.69, 9.17) is 4.74 Å². The number of amides is 1. The number of nitrogens with one attached hydrogen (secondary N) is 1. The summed E-state index contributed by atoms with van der Waals surface area (Å²) in [6, 6.07) is 4.84. The summed E-state index contributed by atoms with van der Waals surface area (Å²) in [6.07, 6.45) is 0.193. The van der Waals surface area contributed by atoms with Crippen LogP contribution in [0.1, 0.15) is 28.9 Å². The van der Waals surface area contributed by atoms with Crippen LogP contribution < -0.4 is 5.32 Å². The van der Waals surface area contributed by atoms with E-state index in [1.807, 2.05) is 0 Å². The largest absolute Gasteiger partial charge is 0.416 e. The highest BCUT2D eigenvalue weighted by atomic mass is 19.4. The van der Waals surface area contributed by atoms with Crippen molar-refractivity contribution in [2.24, 2.45) is 0 Å². The van der Waals surface area contributed by atoms with E-state index in [1.165, 1.54) is 29.2 Å². The van der Waals surface area contributed by atoms with Crippen LogP contribution in [0.25, 0.3) is 5.69 Å². The van der Waals surface area contributed by atoms with E-state index in [-0.39, 0.29) is 23.4 Å². The first kappa shape index (κ1) is 16.5. The zero-order valence-corrected chi connectivity index (χ0v) is 12.7. The molecule has 128 valence electrons. The third kappa shape index (κ3) is 3.76. The first-order chi connectivity index (χ1) is 11.4. The zero-order chi connectivity index (χ0) is 17.2. The van der Waals surface area contributed by atoms with Crippen LogP contribution in [0.4, 0.5) is 13.2 Å². The maximum Gasteiger partial charge on any atom is 0.416 e. The predicted molar refractivity (Wildman–Crippen MR) is 79.9 cm³/mol. The van der Waals surface area contributed by atoms with Crippen LogP contribution in [0, 0.1) is 0 Å². The number of nitrogens with zero attached hydrogens (tertiary/aromatic N) is 2. The minimum Gasteiger partial charge on any atom is -0.376 e. The molecule has 2 aromatic rings. The van der Waals surface area contributed by atoms with Gasteiger partial charge in [0.25, 0.3) is 5.91 Å². The Labute approximate surface area is 136 Å². The van der Waals surface area contributed by atoms with E-state index < -0.39 is 11.7 Å². The summed E-state index contributed by atoms with van der Waals surface area (Å²) in [5.74, 6) is -0.378. The Morgan fingerprint density at radius 1 is 1.42 bits per heavy atom.